The second-order valence-electron chi connectivity index (χ2n) is 7.67. The lowest BCUT2D eigenvalue weighted by molar-refractivity contribution is 0.206. The Balaban J connectivity index is 1.64. The highest BCUT2D eigenvalue weighted by molar-refractivity contribution is 5.89. The molecule has 0 aliphatic carbocycles. The average molecular weight is 420 g/mol. The smallest absolute Gasteiger partial charge is 0.322 e. The highest BCUT2D eigenvalue weighted by Crippen LogP contribution is 2.29. The summed E-state index contributed by atoms with van der Waals surface area (Å²) >= 11 is 0. The topological polar surface area (TPSA) is 61.4 Å². The Morgan fingerprint density at radius 1 is 1.13 bits per heavy atom. The van der Waals surface area contributed by atoms with E-state index in [9.17, 15) is 9.18 Å². The van der Waals surface area contributed by atoms with Gasteiger partial charge in [-0.25, -0.2) is 19.2 Å². The number of aromatic nitrogens is 2. The summed E-state index contributed by atoms with van der Waals surface area (Å²) in [6, 6.07) is 15.8. The first-order valence-corrected chi connectivity index (χ1v) is 10.5. The molecular formula is C24H26FN5O. The maximum absolute atomic E-state index is 14.0. The summed E-state index contributed by atoms with van der Waals surface area (Å²) in [5, 5.41) is 2.68. The molecule has 3 aromatic rings. The van der Waals surface area contributed by atoms with Crippen LogP contribution in [0.3, 0.4) is 0 Å². The first kappa shape index (κ1) is 20.8. The number of rotatable bonds is 5. The number of nitrogens with zero attached hydrogens (tertiary/aromatic N) is 4. The molecule has 7 heteroatoms. The fraction of sp³-hybridized carbons (Fsp3) is 0.292. The third-order valence-corrected chi connectivity index (χ3v) is 5.39. The first-order chi connectivity index (χ1) is 15.1. The zero-order valence-corrected chi connectivity index (χ0v) is 17.8. The Labute approximate surface area is 181 Å². The van der Waals surface area contributed by atoms with Crippen LogP contribution in [0, 0.1) is 5.82 Å². The quantitative estimate of drug-likeness (QED) is 0.650. The number of benzene rings is 2. The van der Waals surface area contributed by atoms with Crippen LogP contribution in [0.25, 0.3) is 11.4 Å². The largest absolute Gasteiger partial charge is 0.359 e. The van der Waals surface area contributed by atoms with Crippen molar-refractivity contribution in [2.45, 2.75) is 26.3 Å². The minimum Gasteiger partial charge on any atom is -0.359 e. The van der Waals surface area contributed by atoms with Gasteiger partial charge in [-0.3, -0.25) is 0 Å². The standard InChI is InChI=1S/C24H26FN5O/c1-3-14-29(2)23-18-16-30(24(31)27-21-12-8-7-11-19(21)25)15-13-20(18)26-22(28-23)17-9-5-4-6-10-17/h4-12H,3,13-16H2,1-2H3,(H,27,31). The second-order valence-corrected chi connectivity index (χ2v) is 7.67. The summed E-state index contributed by atoms with van der Waals surface area (Å²) in [6.45, 7) is 3.86. The van der Waals surface area contributed by atoms with Gasteiger partial charge in [0.2, 0.25) is 0 Å². The minimum absolute atomic E-state index is 0.178. The number of carbonyl (C=O) groups excluding carboxylic acids is 1. The first-order valence-electron chi connectivity index (χ1n) is 10.5. The maximum atomic E-state index is 14.0. The predicted octanol–water partition coefficient (Wildman–Crippen LogP) is 4.72. The number of halogens is 1. The number of amides is 2. The van der Waals surface area contributed by atoms with Crippen molar-refractivity contribution < 1.29 is 9.18 Å². The number of para-hydroxylation sites is 1. The van der Waals surface area contributed by atoms with E-state index in [1.54, 1.807) is 23.1 Å². The Morgan fingerprint density at radius 3 is 2.61 bits per heavy atom. The fourth-order valence-electron chi connectivity index (χ4n) is 3.80. The van der Waals surface area contributed by atoms with Crippen LogP contribution in [-0.4, -0.2) is 41.0 Å². The molecule has 1 aliphatic rings. The molecule has 1 aromatic heterocycles. The highest BCUT2D eigenvalue weighted by Gasteiger charge is 2.27. The molecule has 160 valence electrons. The van der Waals surface area contributed by atoms with Crippen molar-refractivity contribution in [2.75, 3.05) is 30.4 Å². The van der Waals surface area contributed by atoms with E-state index in [1.807, 2.05) is 37.4 Å². The van der Waals surface area contributed by atoms with E-state index >= 15 is 0 Å². The molecule has 0 saturated carbocycles. The lowest BCUT2D eigenvalue weighted by atomic mass is 10.0. The molecule has 0 unspecified atom stereocenters. The molecule has 0 radical (unpaired) electrons. The molecule has 6 nitrogen and oxygen atoms in total. The van der Waals surface area contributed by atoms with Crippen LogP contribution in [-0.2, 0) is 13.0 Å². The van der Waals surface area contributed by atoms with E-state index in [-0.39, 0.29) is 11.7 Å². The number of carbonyl (C=O) groups is 1. The van der Waals surface area contributed by atoms with Gasteiger partial charge >= 0.3 is 6.03 Å². The van der Waals surface area contributed by atoms with Gasteiger partial charge in [-0.2, -0.15) is 0 Å². The molecule has 0 atom stereocenters. The van der Waals surface area contributed by atoms with Gasteiger partial charge in [-0.05, 0) is 18.6 Å². The van der Waals surface area contributed by atoms with Crippen molar-refractivity contribution in [3.05, 3.63) is 71.7 Å². The van der Waals surface area contributed by atoms with Gasteiger partial charge in [0.15, 0.2) is 5.82 Å². The van der Waals surface area contributed by atoms with Crippen LogP contribution in [0.4, 0.5) is 20.7 Å². The molecular weight excluding hydrogens is 393 g/mol. The SMILES string of the molecule is CCCN(C)c1nc(-c2ccccc2)nc2c1CN(C(=O)Nc1ccccc1F)CC2. The minimum atomic E-state index is -0.451. The molecule has 31 heavy (non-hydrogen) atoms. The summed E-state index contributed by atoms with van der Waals surface area (Å²) in [6.07, 6.45) is 1.60. The molecule has 0 fully saturated rings. The van der Waals surface area contributed by atoms with Crippen molar-refractivity contribution in [1.82, 2.24) is 14.9 Å². The summed E-state index contributed by atoms with van der Waals surface area (Å²) in [5.74, 6) is 1.09. The fourth-order valence-corrected chi connectivity index (χ4v) is 3.80. The Kier molecular flexibility index (Phi) is 6.11. The van der Waals surface area contributed by atoms with Gasteiger partial charge in [0.25, 0.3) is 0 Å². The van der Waals surface area contributed by atoms with Crippen LogP contribution < -0.4 is 10.2 Å². The van der Waals surface area contributed by atoms with E-state index in [4.69, 9.17) is 9.97 Å². The summed E-state index contributed by atoms with van der Waals surface area (Å²) in [4.78, 5) is 26.3. The van der Waals surface area contributed by atoms with Crippen molar-refractivity contribution >= 4 is 17.5 Å². The monoisotopic (exact) mass is 419 g/mol. The number of urea groups is 1. The normalized spacial score (nSPS) is 12.9. The van der Waals surface area contributed by atoms with Crippen LogP contribution in [0.15, 0.2) is 54.6 Å². The molecule has 1 N–H and O–H groups in total. The molecule has 4 rings (SSSR count). The van der Waals surface area contributed by atoms with Gasteiger partial charge in [-0.1, -0.05) is 49.4 Å². The average Bonchev–Trinajstić information content (AvgIpc) is 2.80. The Hall–Kier alpha value is -3.48. The molecule has 0 bridgehead atoms. The summed E-state index contributed by atoms with van der Waals surface area (Å²) < 4.78 is 14.0. The van der Waals surface area contributed by atoms with E-state index in [1.165, 1.54) is 6.07 Å². The van der Waals surface area contributed by atoms with Gasteiger partial charge in [0.05, 0.1) is 17.9 Å². The van der Waals surface area contributed by atoms with Crippen molar-refractivity contribution in [3.63, 3.8) is 0 Å². The maximum Gasteiger partial charge on any atom is 0.322 e. The molecule has 0 saturated heterocycles. The second kappa shape index (κ2) is 9.12. The van der Waals surface area contributed by atoms with Crippen LogP contribution in [0.1, 0.15) is 24.6 Å². The third-order valence-electron chi connectivity index (χ3n) is 5.39. The van der Waals surface area contributed by atoms with Gasteiger partial charge < -0.3 is 15.1 Å². The summed E-state index contributed by atoms with van der Waals surface area (Å²) in [5.41, 5.74) is 3.06. The third kappa shape index (κ3) is 4.50. The predicted molar refractivity (Wildman–Crippen MR) is 121 cm³/mol. The Morgan fingerprint density at radius 2 is 1.87 bits per heavy atom. The number of anilines is 2. The zero-order valence-electron chi connectivity index (χ0n) is 17.8. The van der Waals surface area contributed by atoms with E-state index in [0.717, 1.165) is 35.6 Å². The highest BCUT2D eigenvalue weighted by atomic mass is 19.1. The lowest BCUT2D eigenvalue weighted by Gasteiger charge is -2.32. The lowest BCUT2D eigenvalue weighted by Crippen LogP contribution is -2.40. The van der Waals surface area contributed by atoms with Gasteiger partial charge in [0, 0.05) is 37.7 Å². The van der Waals surface area contributed by atoms with Crippen molar-refractivity contribution in [2.24, 2.45) is 0 Å². The molecule has 1 aliphatic heterocycles. The van der Waals surface area contributed by atoms with E-state index in [2.05, 4.69) is 17.1 Å². The molecule has 2 heterocycles. The zero-order chi connectivity index (χ0) is 21.8. The number of fused-ring (bicyclic) bond motifs is 1. The van der Waals surface area contributed by atoms with Gasteiger partial charge in [-0.15, -0.1) is 0 Å². The van der Waals surface area contributed by atoms with Crippen LogP contribution in [0.5, 0.6) is 0 Å². The number of hydrogen-bond acceptors (Lipinski definition) is 4. The summed E-state index contributed by atoms with van der Waals surface area (Å²) in [7, 11) is 2.01. The number of nitrogens with one attached hydrogen (secondary N) is 1. The van der Waals surface area contributed by atoms with E-state index in [0.29, 0.717) is 25.3 Å². The van der Waals surface area contributed by atoms with Crippen molar-refractivity contribution in [3.8, 4) is 11.4 Å². The Bertz CT molecular complexity index is 1070. The van der Waals surface area contributed by atoms with Crippen LogP contribution >= 0.6 is 0 Å². The van der Waals surface area contributed by atoms with Gasteiger partial charge in [0.1, 0.15) is 11.6 Å². The van der Waals surface area contributed by atoms with E-state index < -0.39 is 5.82 Å². The van der Waals surface area contributed by atoms with Crippen molar-refractivity contribution in [1.29, 1.82) is 0 Å². The molecule has 2 amide bonds. The molecule has 0 spiro atoms. The van der Waals surface area contributed by atoms with Crippen LogP contribution in [0.2, 0.25) is 0 Å². The molecule has 2 aromatic carbocycles. The number of hydrogen-bond donors (Lipinski definition) is 1.